The fourth-order valence-corrected chi connectivity index (χ4v) is 3.07. The minimum Gasteiger partial charge on any atom is -0.487 e. The molecule has 0 aliphatic carbocycles. The first-order chi connectivity index (χ1) is 12.7. The average molecular weight is 373 g/mol. The van der Waals surface area contributed by atoms with Gasteiger partial charge in [0.05, 0.1) is 6.04 Å². The normalized spacial score (nSPS) is 17.4. The summed E-state index contributed by atoms with van der Waals surface area (Å²) < 4.78 is 24.5. The third-order valence-corrected chi connectivity index (χ3v) is 4.20. The Bertz CT molecular complexity index is 880. The number of benzene rings is 2. The second-order valence-electron chi connectivity index (χ2n) is 6.98. The predicted molar refractivity (Wildman–Crippen MR) is 95.5 cm³/mol. The monoisotopic (exact) mass is 373 g/mol. The molecule has 1 atom stereocenters. The van der Waals surface area contributed by atoms with E-state index in [2.05, 4.69) is 5.32 Å². The van der Waals surface area contributed by atoms with Gasteiger partial charge in [-0.1, -0.05) is 12.1 Å². The van der Waals surface area contributed by atoms with E-state index in [0.717, 1.165) is 0 Å². The molecule has 7 heteroatoms. The van der Waals surface area contributed by atoms with Gasteiger partial charge < -0.3 is 19.9 Å². The quantitative estimate of drug-likeness (QED) is 0.840. The summed E-state index contributed by atoms with van der Waals surface area (Å²) in [6.45, 7) is 3.26. The van der Waals surface area contributed by atoms with Crippen LogP contribution in [-0.2, 0) is 4.79 Å². The van der Waals surface area contributed by atoms with E-state index in [1.165, 1.54) is 18.2 Å². The number of ether oxygens (including phenoxy) is 2. The molecule has 0 spiro atoms. The van der Waals surface area contributed by atoms with Crippen LogP contribution in [0.4, 0.5) is 4.39 Å². The Morgan fingerprint density at radius 3 is 2.81 bits per heavy atom. The summed E-state index contributed by atoms with van der Waals surface area (Å²) in [5.74, 6) is -1.14. The van der Waals surface area contributed by atoms with E-state index in [1.807, 2.05) is 13.8 Å². The van der Waals surface area contributed by atoms with Gasteiger partial charge in [-0.2, -0.15) is 0 Å². The van der Waals surface area contributed by atoms with Crippen molar-refractivity contribution in [3.8, 4) is 11.5 Å². The molecule has 1 amide bonds. The number of carboxylic acids is 1. The molecular weight excluding hydrogens is 353 g/mol. The van der Waals surface area contributed by atoms with Gasteiger partial charge in [-0.3, -0.25) is 4.79 Å². The molecule has 0 fully saturated rings. The van der Waals surface area contributed by atoms with Gasteiger partial charge in [0.25, 0.3) is 5.91 Å². The number of carbonyl (C=O) groups excluding carboxylic acids is 1. The van der Waals surface area contributed by atoms with E-state index < -0.39 is 24.0 Å². The highest BCUT2D eigenvalue weighted by Gasteiger charge is 2.34. The van der Waals surface area contributed by atoms with Gasteiger partial charge in [-0.25, -0.2) is 9.18 Å². The van der Waals surface area contributed by atoms with Crippen molar-refractivity contribution in [1.82, 2.24) is 5.32 Å². The number of fused-ring (bicyclic) bond motifs is 1. The van der Waals surface area contributed by atoms with E-state index in [4.69, 9.17) is 14.6 Å². The topological polar surface area (TPSA) is 84.9 Å². The SMILES string of the molecule is CC1(C)CC(NC(=O)c2cccc(OCC(=O)O)c2)c2ccc(F)cc2O1. The zero-order valence-corrected chi connectivity index (χ0v) is 15.0. The third kappa shape index (κ3) is 4.55. The maximum Gasteiger partial charge on any atom is 0.341 e. The molecule has 1 aliphatic rings. The van der Waals surface area contributed by atoms with Gasteiger partial charge in [-0.15, -0.1) is 0 Å². The van der Waals surface area contributed by atoms with Crippen molar-refractivity contribution < 1.29 is 28.6 Å². The summed E-state index contributed by atoms with van der Waals surface area (Å²) in [7, 11) is 0. The van der Waals surface area contributed by atoms with Gasteiger partial charge in [0, 0.05) is 23.6 Å². The second kappa shape index (κ2) is 7.26. The third-order valence-electron chi connectivity index (χ3n) is 4.20. The molecule has 0 aromatic heterocycles. The van der Waals surface area contributed by atoms with Crippen LogP contribution in [0.2, 0.25) is 0 Å². The number of nitrogens with one attached hydrogen (secondary N) is 1. The fraction of sp³-hybridized carbons (Fsp3) is 0.300. The van der Waals surface area contributed by atoms with Gasteiger partial charge in [-0.05, 0) is 38.1 Å². The van der Waals surface area contributed by atoms with Gasteiger partial charge in [0.15, 0.2) is 6.61 Å². The van der Waals surface area contributed by atoms with Gasteiger partial charge >= 0.3 is 5.97 Å². The number of rotatable bonds is 5. The Labute approximate surface area is 155 Å². The summed E-state index contributed by atoms with van der Waals surface area (Å²) in [5.41, 5.74) is 0.485. The van der Waals surface area contributed by atoms with Crippen LogP contribution < -0.4 is 14.8 Å². The number of halogens is 1. The van der Waals surface area contributed by atoms with Crippen LogP contribution in [0.3, 0.4) is 0 Å². The minimum atomic E-state index is -1.10. The number of amides is 1. The molecule has 0 saturated carbocycles. The molecule has 6 nitrogen and oxygen atoms in total. The van der Waals surface area contributed by atoms with Crippen LogP contribution >= 0.6 is 0 Å². The first-order valence-electron chi connectivity index (χ1n) is 8.47. The second-order valence-corrected chi connectivity index (χ2v) is 6.98. The Morgan fingerprint density at radius 1 is 1.30 bits per heavy atom. The zero-order chi connectivity index (χ0) is 19.6. The molecular formula is C20H20FNO5. The Balaban J connectivity index is 1.80. The molecule has 0 bridgehead atoms. The number of hydrogen-bond donors (Lipinski definition) is 2. The first-order valence-corrected chi connectivity index (χ1v) is 8.47. The number of aliphatic carboxylic acids is 1. The number of carboxylic acid groups (broad SMARTS) is 1. The summed E-state index contributed by atoms with van der Waals surface area (Å²) >= 11 is 0. The maximum atomic E-state index is 13.6. The molecule has 0 saturated heterocycles. The molecule has 142 valence electrons. The zero-order valence-electron chi connectivity index (χ0n) is 15.0. The van der Waals surface area contributed by atoms with Crippen LogP contribution in [-0.4, -0.2) is 29.2 Å². The molecule has 1 heterocycles. The molecule has 27 heavy (non-hydrogen) atoms. The van der Waals surface area contributed by atoms with Crippen molar-refractivity contribution in [2.45, 2.75) is 31.9 Å². The molecule has 3 rings (SSSR count). The molecule has 0 radical (unpaired) electrons. The van der Waals surface area contributed by atoms with Crippen molar-refractivity contribution in [1.29, 1.82) is 0 Å². The smallest absolute Gasteiger partial charge is 0.341 e. The van der Waals surface area contributed by atoms with Crippen LogP contribution in [0.5, 0.6) is 11.5 Å². The van der Waals surface area contributed by atoms with Crippen molar-refractivity contribution in [3.63, 3.8) is 0 Å². The first kappa shape index (κ1) is 18.7. The van der Waals surface area contributed by atoms with Crippen LogP contribution in [0.1, 0.15) is 42.2 Å². The van der Waals surface area contributed by atoms with Crippen molar-refractivity contribution in [3.05, 3.63) is 59.4 Å². The predicted octanol–water partition coefficient (Wildman–Crippen LogP) is 3.32. The van der Waals surface area contributed by atoms with E-state index >= 15 is 0 Å². The summed E-state index contributed by atoms with van der Waals surface area (Å²) in [5, 5.41) is 11.6. The highest BCUT2D eigenvalue weighted by molar-refractivity contribution is 5.95. The standard InChI is InChI=1S/C20H20FNO5/c1-20(2)10-16(15-7-6-13(21)9-17(15)27-20)22-19(25)12-4-3-5-14(8-12)26-11-18(23)24/h3-9,16H,10-11H2,1-2H3,(H,22,25)(H,23,24). The largest absolute Gasteiger partial charge is 0.487 e. The minimum absolute atomic E-state index is 0.292. The lowest BCUT2D eigenvalue weighted by atomic mass is 9.89. The van der Waals surface area contributed by atoms with E-state index in [0.29, 0.717) is 29.0 Å². The molecule has 2 N–H and O–H groups in total. The van der Waals surface area contributed by atoms with Crippen molar-refractivity contribution >= 4 is 11.9 Å². The van der Waals surface area contributed by atoms with Crippen LogP contribution in [0.15, 0.2) is 42.5 Å². The summed E-state index contributed by atoms with van der Waals surface area (Å²) in [6, 6.07) is 10.2. The molecule has 2 aromatic rings. The van der Waals surface area contributed by atoms with Crippen molar-refractivity contribution in [2.24, 2.45) is 0 Å². The molecule has 1 unspecified atom stereocenters. The summed E-state index contributed by atoms with van der Waals surface area (Å²) in [4.78, 5) is 23.3. The maximum absolute atomic E-state index is 13.6. The van der Waals surface area contributed by atoms with Crippen LogP contribution in [0, 0.1) is 5.82 Å². The van der Waals surface area contributed by atoms with E-state index in [1.54, 1.807) is 24.3 Å². The lowest BCUT2D eigenvalue weighted by Crippen LogP contribution is -2.41. The number of hydrogen-bond acceptors (Lipinski definition) is 4. The van der Waals surface area contributed by atoms with Gasteiger partial charge in [0.2, 0.25) is 0 Å². The number of carbonyl (C=O) groups is 2. The highest BCUT2D eigenvalue weighted by atomic mass is 19.1. The lowest BCUT2D eigenvalue weighted by molar-refractivity contribution is -0.139. The lowest BCUT2D eigenvalue weighted by Gasteiger charge is -2.37. The Kier molecular flexibility index (Phi) is 5.03. The Morgan fingerprint density at radius 2 is 2.07 bits per heavy atom. The summed E-state index contributed by atoms with van der Waals surface area (Å²) in [6.07, 6.45) is 0.520. The Hall–Kier alpha value is -3.09. The van der Waals surface area contributed by atoms with E-state index in [9.17, 15) is 14.0 Å². The van der Waals surface area contributed by atoms with Gasteiger partial charge in [0.1, 0.15) is 22.9 Å². The molecule has 2 aromatic carbocycles. The highest BCUT2D eigenvalue weighted by Crippen LogP contribution is 2.39. The van der Waals surface area contributed by atoms with Crippen molar-refractivity contribution in [2.75, 3.05) is 6.61 Å². The molecule has 1 aliphatic heterocycles. The van der Waals surface area contributed by atoms with E-state index in [-0.39, 0.29) is 11.9 Å². The van der Waals surface area contributed by atoms with Crippen LogP contribution in [0.25, 0.3) is 0 Å². The fourth-order valence-electron chi connectivity index (χ4n) is 3.07. The average Bonchev–Trinajstić information content (AvgIpc) is 2.58.